The molecule has 0 radical (unpaired) electrons. The molecule has 0 spiro atoms. The molecule has 0 aliphatic heterocycles. The summed E-state index contributed by atoms with van der Waals surface area (Å²) in [6.07, 6.45) is -0.101. The van der Waals surface area contributed by atoms with Crippen molar-refractivity contribution in [2.45, 2.75) is 125 Å². The minimum atomic E-state index is -1.06. The number of nitrogens with one attached hydrogen (secondary N) is 2. The summed E-state index contributed by atoms with van der Waals surface area (Å²) < 4.78 is 51.6. The van der Waals surface area contributed by atoms with E-state index in [0.717, 1.165) is 29.3 Å². The molecule has 0 bridgehead atoms. The monoisotopic (exact) mass is 822 g/mol. The van der Waals surface area contributed by atoms with Crippen LogP contribution in [-0.2, 0) is 48.3 Å². The highest BCUT2D eigenvalue weighted by Crippen LogP contribution is 2.30. The third kappa shape index (κ3) is 16.8. The lowest BCUT2D eigenvalue weighted by molar-refractivity contribution is -0.139. The lowest BCUT2D eigenvalue weighted by Crippen LogP contribution is -2.53. The van der Waals surface area contributed by atoms with Crippen molar-refractivity contribution >= 4 is 23.4 Å². The molecule has 1 unspecified atom stereocenters. The highest BCUT2D eigenvalue weighted by Gasteiger charge is 2.35. The minimum absolute atomic E-state index is 0.00277. The molecule has 0 fully saturated rings. The highest BCUT2D eigenvalue weighted by atomic mass is 19.1. The molecule has 3 rings (SSSR count). The number of ketones is 2. The molecule has 0 saturated heterocycles. The average molecular weight is 823 g/mol. The Labute approximate surface area is 349 Å². The van der Waals surface area contributed by atoms with Gasteiger partial charge in [0, 0.05) is 36.1 Å². The molecule has 10 nitrogen and oxygen atoms in total. The maximum Gasteiger partial charge on any atom is 0.225 e. The number of carbonyl (C=O) groups excluding carboxylic acids is 4. The van der Waals surface area contributed by atoms with Crippen molar-refractivity contribution in [2.75, 3.05) is 20.8 Å². The normalized spacial score (nSPS) is 13.6. The second kappa shape index (κ2) is 22.1. The van der Waals surface area contributed by atoms with Gasteiger partial charge in [-0.25, -0.2) is 8.78 Å². The Morgan fingerprint density at radius 1 is 0.678 bits per heavy atom. The lowest BCUT2D eigenvalue weighted by Gasteiger charge is -2.31. The molecule has 2 N–H and O–H groups in total. The van der Waals surface area contributed by atoms with Crippen LogP contribution in [0.4, 0.5) is 8.78 Å². The second-order valence-corrected chi connectivity index (χ2v) is 18.0. The number of halogens is 2. The third-order valence-corrected chi connectivity index (χ3v) is 10.1. The standard InChI is InChI=1S/C47H64F2N2O8/c1-45(2,3)43(54)50-35(26-33-25-34(48)15-20-39(33)49)27-36(52)21-23-47(7,8)24-22-41(53)42(59-29-32-13-18-38(57-10)19-14-32)40(51-44(55)46(4,5)6)30-58-28-31-11-16-37(56-9)17-12-31/h11-20,25,35,40,42H,21-24,26-30H2,1-10H3,(H,50,54)(H,51,55)/t35?,40-,42+/m1/s1. The number of rotatable bonds is 23. The van der Waals surface area contributed by atoms with Crippen LogP contribution in [0.2, 0.25) is 0 Å². The summed E-state index contributed by atoms with van der Waals surface area (Å²) in [5.74, 6) is -0.796. The van der Waals surface area contributed by atoms with Crippen LogP contribution in [0.1, 0.15) is 104 Å². The van der Waals surface area contributed by atoms with Crippen LogP contribution in [0, 0.1) is 27.9 Å². The van der Waals surface area contributed by atoms with Crippen molar-refractivity contribution in [1.82, 2.24) is 10.6 Å². The summed E-state index contributed by atoms with van der Waals surface area (Å²) in [6, 6.07) is 16.3. The van der Waals surface area contributed by atoms with E-state index in [0.29, 0.717) is 24.3 Å². The molecule has 324 valence electrons. The van der Waals surface area contributed by atoms with E-state index < -0.39 is 46.1 Å². The minimum Gasteiger partial charge on any atom is -0.497 e. The predicted octanol–water partition coefficient (Wildman–Crippen LogP) is 8.50. The number of ether oxygens (including phenoxy) is 4. The van der Waals surface area contributed by atoms with Crippen LogP contribution < -0.4 is 20.1 Å². The third-order valence-electron chi connectivity index (χ3n) is 10.1. The zero-order valence-electron chi connectivity index (χ0n) is 36.5. The van der Waals surface area contributed by atoms with Gasteiger partial charge in [0.2, 0.25) is 11.8 Å². The van der Waals surface area contributed by atoms with Crippen molar-refractivity contribution in [3.8, 4) is 11.5 Å². The average Bonchev–Trinajstić information content (AvgIpc) is 3.17. The first kappa shape index (κ1) is 48.7. The SMILES string of the molecule is COc1ccc(COC[C@@H](NC(=O)C(C)(C)C)[C@H](OCc2ccc(OC)cc2)C(=O)CCC(C)(C)CCC(=O)CC(Cc2cc(F)ccc2F)NC(=O)C(C)(C)C)cc1. The van der Waals surface area contributed by atoms with Gasteiger partial charge in [0.05, 0.1) is 40.1 Å². The Bertz CT molecular complexity index is 1830. The molecule has 0 aliphatic carbocycles. The number of hydrogen-bond acceptors (Lipinski definition) is 8. The Morgan fingerprint density at radius 2 is 1.20 bits per heavy atom. The van der Waals surface area contributed by atoms with Crippen LogP contribution >= 0.6 is 0 Å². The fourth-order valence-corrected chi connectivity index (χ4v) is 6.08. The van der Waals surface area contributed by atoms with Gasteiger partial charge in [0.15, 0.2) is 5.78 Å². The maximum absolute atomic E-state index is 14.6. The highest BCUT2D eigenvalue weighted by molar-refractivity contribution is 5.86. The van der Waals surface area contributed by atoms with Crippen molar-refractivity contribution in [1.29, 1.82) is 0 Å². The van der Waals surface area contributed by atoms with E-state index in [9.17, 15) is 28.0 Å². The molecule has 3 atom stereocenters. The molecular formula is C47H64F2N2O8. The van der Waals surface area contributed by atoms with Crippen LogP contribution in [0.25, 0.3) is 0 Å². The summed E-state index contributed by atoms with van der Waals surface area (Å²) in [4.78, 5) is 53.9. The van der Waals surface area contributed by atoms with E-state index in [1.54, 1.807) is 67.9 Å². The van der Waals surface area contributed by atoms with Gasteiger partial charge in [0.25, 0.3) is 0 Å². The number of carbonyl (C=O) groups is 4. The van der Waals surface area contributed by atoms with Crippen molar-refractivity contribution in [3.05, 3.63) is 95.1 Å². The zero-order chi connectivity index (χ0) is 44.0. The first-order valence-electron chi connectivity index (χ1n) is 20.2. The van der Waals surface area contributed by atoms with Gasteiger partial charge in [0.1, 0.15) is 35.0 Å². The lowest BCUT2D eigenvalue weighted by atomic mass is 9.80. The Hall–Kier alpha value is -4.68. The molecule has 0 heterocycles. The van der Waals surface area contributed by atoms with Crippen molar-refractivity contribution in [3.63, 3.8) is 0 Å². The smallest absolute Gasteiger partial charge is 0.225 e. The van der Waals surface area contributed by atoms with E-state index in [1.165, 1.54) is 0 Å². The maximum atomic E-state index is 14.6. The number of hydrogen-bond donors (Lipinski definition) is 2. The van der Waals surface area contributed by atoms with E-state index in [-0.39, 0.29) is 74.4 Å². The van der Waals surface area contributed by atoms with Crippen LogP contribution in [-0.4, -0.2) is 62.4 Å². The summed E-state index contributed by atoms with van der Waals surface area (Å²) in [7, 11) is 3.17. The quantitative estimate of drug-likeness (QED) is 0.0975. The van der Waals surface area contributed by atoms with Gasteiger partial charge in [-0.05, 0) is 83.8 Å². The molecule has 0 aromatic heterocycles. The van der Waals surface area contributed by atoms with Crippen molar-refractivity contribution < 1.29 is 46.9 Å². The topological polar surface area (TPSA) is 129 Å². The summed E-state index contributed by atoms with van der Waals surface area (Å²) >= 11 is 0. The molecule has 12 heteroatoms. The predicted molar refractivity (Wildman–Crippen MR) is 224 cm³/mol. The van der Waals surface area contributed by atoms with Crippen LogP contribution in [0.5, 0.6) is 11.5 Å². The van der Waals surface area contributed by atoms with Crippen molar-refractivity contribution in [2.24, 2.45) is 16.2 Å². The van der Waals surface area contributed by atoms with E-state index >= 15 is 0 Å². The second-order valence-electron chi connectivity index (χ2n) is 18.0. The number of Topliss-reactive ketones (excluding diaryl/α,β-unsaturated/α-hetero) is 2. The Kier molecular flexibility index (Phi) is 18.2. The molecule has 3 aromatic carbocycles. The van der Waals surface area contributed by atoms with E-state index in [4.69, 9.17) is 18.9 Å². The van der Waals surface area contributed by atoms with Gasteiger partial charge in [-0.3, -0.25) is 19.2 Å². The molecule has 3 aromatic rings. The summed E-state index contributed by atoms with van der Waals surface area (Å²) in [6.45, 7) is 14.8. The molecule has 0 aliphatic rings. The number of amides is 2. The largest absolute Gasteiger partial charge is 0.497 e. The molecular weight excluding hydrogens is 759 g/mol. The van der Waals surface area contributed by atoms with Crippen LogP contribution in [0.3, 0.4) is 0 Å². The Balaban J connectivity index is 1.76. The number of benzene rings is 3. The van der Waals surface area contributed by atoms with Gasteiger partial charge in [-0.15, -0.1) is 0 Å². The van der Waals surface area contributed by atoms with Gasteiger partial charge in [-0.2, -0.15) is 0 Å². The zero-order valence-corrected chi connectivity index (χ0v) is 36.5. The molecule has 59 heavy (non-hydrogen) atoms. The number of methoxy groups -OCH3 is 2. The van der Waals surface area contributed by atoms with Gasteiger partial charge < -0.3 is 29.6 Å². The van der Waals surface area contributed by atoms with Gasteiger partial charge >= 0.3 is 0 Å². The van der Waals surface area contributed by atoms with E-state index in [2.05, 4.69) is 10.6 Å². The first-order chi connectivity index (χ1) is 27.6. The fraction of sp³-hybridized carbons (Fsp3) is 0.532. The molecule has 2 amide bonds. The van der Waals surface area contributed by atoms with E-state index in [1.807, 2.05) is 50.2 Å². The first-order valence-corrected chi connectivity index (χ1v) is 20.2. The fourth-order valence-electron chi connectivity index (χ4n) is 6.08. The van der Waals surface area contributed by atoms with Gasteiger partial charge in [-0.1, -0.05) is 79.7 Å². The summed E-state index contributed by atoms with van der Waals surface area (Å²) in [5, 5.41) is 5.90. The molecule has 0 saturated carbocycles. The Morgan fingerprint density at radius 3 is 1.75 bits per heavy atom. The summed E-state index contributed by atoms with van der Waals surface area (Å²) in [5.41, 5.74) is -0.230. The van der Waals surface area contributed by atoms with Crippen LogP contribution in [0.15, 0.2) is 66.7 Å².